The van der Waals surface area contributed by atoms with E-state index in [9.17, 15) is 22.8 Å². The first-order valence-corrected chi connectivity index (χ1v) is 17.5. The normalized spacial score (nSPS) is 14.7. The van der Waals surface area contributed by atoms with E-state index >= 15 is 0 Å². The van der Waals surface area contributed by atoms with Crippen LogP contribution in [-0.4, -0.2) is 47.8 Å². The van der Waals surface area contributed by atoms with Crippen LogP contribution < -0.4 is 5.32 Å². The number of carbonyl (C=O) groups excluding carboxylic acids is 2. The first-order valence-electron chi connectivity index (χ1n) is 17.5. The van der Waals surface area contributed by atoms with Gasteiger partial charge < -0.3 is 10.2 Å². The number of carbonyl (C=O) groups is 2. The molecule has 0 saturated carbocycles. The molecule has 0 unspecified atom stereocenters. The number of alkyl halides is 3. The number of nitrogens with zero attached hydrogens (tertiary/aromatic N) is 2. The Labute approximate surface area is 293 Å². The Hall–Kier alpha value is -4.69. The van der Waals surface area contributed by atoms with Crippen molar-refractivity contribution in [3.63, 3.8) is 0 Å². The van der Waals surface area contributed by atoms with Crippen molar-refractivity contribution < 1.29 is 22.8 Å². The Balaban J connectivity index is 1.43. The lowest BCUT2D eigenvalue weighted by Crippen LogP contribution is -2.51. The molecular formula is C42H46F3N3O2. The Morgan fingerprint density at radius 1 is 0.740 bits per heavy atom. The van der Waals surface area contributed by atoms with E-state index in [2.05, 4.69) is 29.3 Å². The SMILES string of the molecule is CCCCCc1ccc(CNC(=O)C(=Cc2ccccc2C(F)(F)F)[C@H](Cc2ccccc2)C(=O)N2CCN(Cc3ccccc3)CC2)cc1. The molecule has 0 bridgehead atoms. The maximum Gasteiger partial charge on any atom is 0.416 e. The van der Waals surface area contributed by atoms with Gasteiger partial charge in [0.1, 0.15) is 0 Å². The summed E-state index contributed by atoms with van der Waals surface area (Å²) >= 11 is 0. The number of rotatable bonds is 14. The fourth-order valence-electron chi connectivity index (χ4n) is 6.43. The predicted octanol–water partition coefficient (Wildman–Crippen LogP) is 8.34. The highest BCUT2D eigenvalue weighted by Crippen LogP contribution is 2.34. The minimum Gasteiger partial charge on any atom is -0.348 e. The monoisotopic (exact) mass is 681 g/mol. The van der Waals surface area contributed by atoms with Gasteiger partial charge in [0.25, 0.3) is 0 Å². The summed E-state index contributed by atoms with van der Waals surface area (Å²) in [5.41, 5.74) is 3.09. The predicted molar refractivity (Wildman–Crippen MR) is 193 cm³/mol. The van der Waals surface area contributed by atoms with Crippen molar-refractivity contribution in [3.8, 4) is 0 Å². The minimum absolute atomic E-state index is 0.0125. The van der Waals surface area contributed by atoms with Crippen molar-refractivity contribution >= 4 is 17.9 Å². The van der Waals surface area contributed by atoms with E-state index in [1.807, 2.05) is 72.8 Å². The van der Waals surface area contributed by atoms with Crippen LogP contribution in [0.15, 0.2) is 115 Å². The van der Waals surface area contributed by atoms with Crippen LogP contribution in [0.3, 0.4) is 0 Å². The summed E-state index contributed by atoms with van der Waals surface area (Å²) in [5.74, 6) is -1.83. The van der Waals surface area contributed by atoms with Gasteiger partial charge >= 0.3 is 6.18 Å². The lowest BCUT2D eigenvalue weighted by Gasteiger charge is -2.37. The Kier molecular flexibility index (Phi) is 13.0. The standard InChI is InChI=1S/C42H46F3N3O2/c1-2-3-6-13-32-20-22-34(23-21-32)30-46-40(49)37(29-36-18-11-12-19-39(36)42(43,44)45)38(28-33-14-7-4-8-15-33)41(50)48-26-24-47(25-27-48)31-35-16-9-5-10-17-35/h4-5,7-12,14-23,29,38H,2-3,6,13,24-28,30-31H2,1H3,(H,46,49)/t38-/m0/s1. The molecule has 0 spiro atoms. The molecule has 2 amide bonds. The molecule has 1 heterocycles. The number of amides is 2. The molecule has 1 aliphatic rings. The van der Waals surface area contributed by atoms with E-state index in [4.69, 9.17) is 0 Å². The molecule has 0 aliphatic carbocycles. The summed E-state index contributed by atoms with van der Waals surface area (Å²) < 4.78 is 42.5. The van der Waals surface area contributed by atoms with Crippen molar-refractivity contribution in [2.45, 2.75) is 58.3 Å². The third-order valence-electron chi connectivity index (χ3n) is 9.27. The number of unbranched alkanes of at least 4 members (excludes halogenated alkanes) is 2. The van der Waals surface area contributed by atoms with Gasteiger partial charge in [0, 0.05) is 44.8 Å². The van der Waals surface area contributed by atoms with Crippen LogP contribution in [0.25, 0.3) is 6.08 Å². The van der Waals surface area contributed by atoms with E-state index in [1.54, 1.807) is 4.90 Å². The van der Waals surface area contributed by atoms with Gasteiger partial charge in [0.05, 0.1) is 11.5 Å². The van der Waals surface area contributed by atoms with Gasteiger partial charge in [-0.3, -0.25) is 14.5 Å². The number of halogens is 3. The smallest absolute Gasteiger partial charge is 0.348 e. The third-order valence-corrected chi connectivity index (χ3v) is 9.27. The molecule has 50 heavy (non-hydrogen) atoms. The summed E-state index contributed by atoms with van der Waals surface area (Å²) in [6.07, 6.45) is 1.20. The van der Waals surface area contributed by atoms with Crippen molar-refractivity contribution in [3.05, 3.63) is 148 Å². The molecule has 0 radical (unpaired) electrons. The average molecular weight is 682 g/mol. The average Bonchev–Trinajstić information content (AvgIpc) is 3.13. The van der Waals surface area contributed by atoms with E-state index in [0.717, 1.165) is 49.4 Å². The summed E-state index contributed by atoms with van der Waals surface area (Å²) in [6.45, 7) is 5.31. The highest BCUT2D eigenvalue weighted by atomic mass is 19.4. The van der Waals surface area contributed by atoms with Gasteiger partial charge in [0.2, 0.25) is 11.8 Å². The second-order valence-corrected chi connectivity index (χ2v) is 13.0. The van der Waals surface area contributed by atoms with Gasteiger partial charge in [0.15, 0.2) is 0 Å². The van der Waals surface area contributed by atoms with Crippen molar-refractivity contribution in [2.24, 2.45) is 5.92 Å². The molecule has 0 aromatic heterocycles. The van der Waals surface area contributed by atoms with E-state index < -0.39 is 23.6 Å². The Morgan fingerprint density at radius 2 is 1.34 bits per heavy atom. The maximum atomic E-state index is 14.5. The van der Waals surface area contributed by atoms with Crippen LogP contribution in [0, 0.1) is 5.92 Å². The van der Waals surface area contributed by atoms with Crippen molar-refractivity contribution in [1.29, 1.82) is 0 Å². The fourth-order valence-corrected chi connectivity index (χ4v) is 6.43. The Bertz CT molecular complexity index is 1700. The van der Waals surface area contributed by atoms with E-state index in [0.29, 0.717) is 26.2 Å². The van der Waals surface area contributed by atoms with Crippen LogP contribution in [0.4, 0.5) is 13.2 Å². The summed E-state index contributed by atoms with van der Waals surface area (Å²) in [6, 6.07) is 32.7. The number of hydrogen-bond acceptors (Lipinski definition) is 3. The number of aryl methyl sites for hydroxylation is 1. The second kappa shape index (κ2) is 17.8. The van der Waals surface area contributed by atoms with Gasteiger partial charge in [-0.2, -0.15) is 13.2 Å². The number of piperazine rings is 1. The molecule has 4 aromatic carbocycles. The number of nitrogens with one attached hydrogen (secondary N) is 1. The van der Waals surface area contributed by atoms with Gasteiger partial charge in [-0.15, -0.1) is 0 Å². The highest BCUT2D eigenvalue weighted by Gasteiger charge is 2.36. The highest BCUT2D eigenvalue weighted by molar-refractivity contribution is 6.04. The van der Waals surface area contributed by atoms with E-state index in [1.165, 1.54) is 35.4 Å². The molecule has 1 atom stereocenters. The fraction of sp³-hybridized carbons (Fsp3) is 0.333. The van der Waals surface area contributed by atoms with Gasteiger partial charge in [-0.25, -0.2) is 0 Å². The number of hydrogen-bond donors (Lipinski definition) is 1. The first kappa shape index (κ1) is 36.6. The molecule has 1 fully saturated rings. The first-order chi connectivity index (χ1) is 24.2. The summed E-state index contributed by atoms with van der Waals surface area (Å²) in [5, 5.41) is 2.94. The third kappa shape index (κ3) is 10.4. The molecule has 262 valence electrons. The molecular weight excluding hydrogens is 635 g/mol. The number of benzene rings is 4. The molecule has 4 aromatic rings. The molecule has 5 rings (SSSR count). The zero-order valence-corrected chi connectivity index (χ0v) is 28.7. The van der Waals surface area contributed by atoms with Gasteiger partial charge in [-0.1, -0.05) is 123 Å². The molecule has 1 N–H and O–H groups in total. The second-order valence-electron chi connectivity index (χ2n) is 13.0. The summed E-state index contributed by atoms with van der Waals surface area (Å²) in [7, 11) is 0. The van der Waals surface area contributed by atoms with Crippen LogP contribution in [0.5, 0.6) is 0 Å². The summed E-state index contributed by atoms with van der Waals surface area (Å²) in [4.78, 5) is 32.7. The van der Waals surface area contributed by atoms with Crippen LogP contribution in [0.2, 0.25) is 0 Å². The van der Waals surface area contributed by atoms with E-state index in [-0.39, 0.29) is 30.0 Å². The molecule has 1 aliphatic heterocycles. The quantitative estimate of drug-likeness (QED) is 0.108. The lowest BCUT2D eigenvalue weighted by atomic mass is 9.87. The Morgan fingerprint density at radius 3 is 1.98 bits per heavy atom. The molecule has 5 nitrogen and oxygen atoms in total. The van der Waals surface area contributed by atoms with Crippen molar-refractivity contribution in [1.82, 2.24) is 15.1 Å². The zero-order chi connectivity index (χ0) is 35.3. The van der Waals surface area contributed by atoms with Crippen LogP contribution in [0.1, 0.15) is 59.6 Å². The van der Waals surface area contributed by atoms with Crippen LogP contribution in [-0.2, 0) is 41.7 Å². The molecule has 1 saturated heterocycles. The minimum atomic E-state index is -4.64. The van der Waals surface area contributed by atoms with Crippen molar-refractivity contribution in [2.75, 3.05) is 26.2 Å². The topological polar surface area (TPSA) is 52.7 Å². The maximum absolute atomic E-state index is 14.5. The molecule has 8 heteroatoms. The van der Waals surface area contributed by atoms with Gasteiger partial charge in [-0.05, 0) is 59.2 Å². The zero-order valence-electron chi connectivity index (χ0n) is 28.7. The largest absolute Gasteiger partial charge is 0.416 e. The lowest BCUT2D eigenvalue weighted by molar-refractivity contribution is -0.137. The van der Waals surface area contributed by atoms with Crippen LogP contribution >= 0.6 is 0 Å².